The number of carbonyl (C=O) groups is 3. The van der Waals surface area contributed by atoms with Gasteiger partial charge in [0.15, 0.2) is 11.6 Å². The maximum Gasteiger partial charge on any atom is 0.238 e. The summed E-state index contributed by atoms with van der Waals surface area (Å²) in [4.78, 5) is 45.2. The van der Waals surface area contributed by atoms with Gasteiger partial charge in [-0.05, 0) is 35.4 Å². The van der Waals surface area contributed by atoms with Crippen LogP contribution >= 0.6 is 0 Å². The van der Waals surface area contributed by atoms with Crippen LogP contribution < -0.4 is 10.2 Å². The predicted octanol–water partition coefficient (Wildman–Crippen LogP) is 5.68. The van der Waals surface area contributed by atoms with Crippen molar-refractivity contribution < 1.29 is 18.8 Å². The van der Waals surface area contributed by atoms with E-state index in [1.54, 1.807) is 36.4 Å². The third-order valence-electron chi connectivity index (χ3n) is 8.29. The lowest BCUT2D eigenvalue weighted by Crippen LogP contribution is -2.51. The van der Waals surface area contributed by atoms with Gasteiger partial charge < -0.3 is 10.2 Å². The third kappa shape index (κ3) is 3.15. The van der Waals surface area contributed by atoms with Crippen molar-refractivity contribution in [3.63, 3.8) is 0 Å². The number of carbonyl (C=O) groups excluding carboxylic acids is 3. The van der Waals surface area contributed by atoms with E-state index in [4.69, 9.17) is 0 Å². The molecule has 39 heavy (non-hydrogen) atoms. The number of rotatable bonds is 4. The summed E-state index contributed by atoms with van der Waals surface area (Å²) in [5.74, 6) is -3.13. The minimum absolute atomic E-state index is 0.137. The second-order valence-electron chi connectivity index (χ2n) is 10.1. The van der Waals surface area contributed by atoms with Gasteiger partial charge in [0.05, 0.1) is 17.5 Å². The molecule has 3 aliphatic rings. The van der Waals surface area contributed by atoms with E-state index in [0.717, 1.165) is 11.3 Å². The molecule has 4 aromatic carbocycles. The molecule has 3 aliphatic heterocycles. The molecule has 4 unspecified atom stereocenters. The van der Waals surface area contributed by atoms with Crippen LogP contribution in [0.1, 0.15) is 31.8 Å². The molecule has 190 valence electrons. The Labute approximate surface area is 224 Å². The fraction of sp³-hybridized carbons (Fsp3) is 0.121. The molecule has 0 aromatic heterocycles. The van der Waals surface area contributed by atoms with Gasteiger partial charge in [0, 0.05) is 16.9 Å². The van der Waals surface area contributed by atoms with E-state index < -0.39 is 35.0 Å². The van der Waals surface area contributed by atoms with Gasteiger partial charge in [-0.2, -0.15) is 0 Å². The molecular weight excluding hydrogens is 491 g/mol. The Balaban J connectivity index is 1.56. The lowest BCUT2D eigenvalue weighted by atomic mass is 9.64. The monoisotopic (exact) mass is 514 g/mol. The summed E-state index contributed by atoms with van der Waals surface area (Å²) in [6.07, 6.45) is 3.84. The first-order chi connectivity index (χ1) is 19.0. The van der Waals surface area contributed by atoms with Crippen molar-refractivity contribution in [1.29, 1.82) is 0 Å². The Morgan fingerprint density at radius 1 is 0.795 bits per heavy atom. The standard InChI is InChI=1S/C33H23FN2O3/c34-24-15-7-5-13-22(24)31(38)28-29(30(37)21-11-2-1-3-12-21)36-26-17-9-4-10-20(26)18-19-27(36)33(28)23-14-6-8-16-25(23)35-32(33)39/h1-19,27-29H,(H,35,39). The van der Waals surface area contributed by atoms with Crippen molar-refractivity contribution in [3.8, 4) is 0 Å². The number of nitrogens with one attached hydrogen (secondary N) is 1. The van der Waals surface area contributed by atoms with Crippen LogP contribution in [0.3, 0.4) is 0 Å². The quantitative estimate of drug-likeness (QED) is 0.356. The van der Waals surface area contributed by atoms with Gasteiger partial charge in [-0.1, -0.05) is 91.0 Å². The van der Waals surface area contributed by atoms with E-state index in [-0.39, 0.29) is 17.3 Å². The molecule has 4 aromatic rings. The number of anilines is 2. The van der Waals surface area contributed by atoms with Gasteiger partial charge in [0.2, 0.25) is 5.91 Å². The van der Waals surface area contributed by atoms with Crippen LogP contribution in [0, 0.1) is 11.7 Å². The average molecular weight is 515 g/mol. The Hall–Kier alpha value is -4.84. The maximum atomic E-state index is 15.2. The fourth-order valence-electron chi connectivity index (χ4n) is 6.72. The summed E-state index contributed by atoms with van der Waals surface area (Å²) in [5, 5.41) is 2.98. The molecule has 0 bridgehead atoms. The minimum Gasteiger partial charge on any atom is -0.352 e. The molecule has 1 amide bonds. The average Bonchev–Trinajstić information content (AvgIpc) is 3.45. The van der Waals surface area contributed by atoms with Gasteiger partial charge in [-0.15, -0.1) is 0 Å². The zero-order valence-electron chi connectivity index (χ0n) is 20.8. The summed E-state index contributed by atoms with van der Waals surface area (Å²) in [5.41, 5.74) is 1.67. The molecule has 6 heteroatoms. The van der Waals surface area contributed by atoms with Crippen molar-refractivity contribution in [2.45, 2.75) is 17.5 Å². The van der Waals surface area contributed by atoms with Gasteiger partial charge >= 0.3 is 0 Å². The van der Waals surface area contributed by atoms with E-state index >= 15 is 4.39 Å². The number of halogens is 1. The molecular formula is C33H23FN2O3. The molecule has 5 nitrogen and oxygen atoms in total. The number of fused-ring (bicyclic) bond motifs is 6. The molecule has 0 aliphatic carbocycles. The Bertz CT molecular complexity index is 1700. The van der Waals surface area contributed by atoms with Crippen LogP contribution in [0.15, 0.2) is 109 Å². The van der Waals surface area contributed by atoms with Gasteiger partial charge in [0.25, 0.3) is 0 Å². The Kier molecular flexibility index (Phi) is 5.13. The topological polar surface area (TPSA) is 66.5 Å². The fourth-order valence-corrected chi connectivity index (χ4v) is 6.72. The van der Waals surface area contributed by atoms with Crippen LogP contribution in [-0.2, 0) is 10.2 Å². The zero-order valence-corrected chi connectivity index (χ0v) is 20.8. The molecule has 3 heterocycles. The SMILES string of the molecule is O=C(c1ccccc1)C1C(C(=O)c2ccccc2F)C2(C(=O)Nc3ccccc32)C2C=Cc3ccccc3N12. The van der Waals surface area contributed by atoms with E-state index in [9.17, 15) is 14.4 Å². The first-order valence-corrected chi connectivity index (χ1v) is 12.9. The Morgan fingerprint density at radius 3 is 2.31 bits per heavy atom. The Morgan fingerprint density at radius 2 is 1.49 bits per heavy atom. The molecule has 1 fully saturated rings. The summed E-state index contributed by atoms with van der Waals surface area (Å²) in [6.45, 7) is 0. The summed E-state index contributed by atoms with van der Waals surface area (Å²) < 4.78 is 15.2. The van der Waals surface area contributed by atoms with Crippen molar-refractivity contribution in [2.24, 2.45) is 5.92 Å². The van der Waals surface area contributed by atoms with Crippen molar-refractivity contribution >= 4 is 34.9 Å². The highest BCUT2D eigenvalue weighted by molar-refractivity contribution is 6.18. The van der Waals surface area contributed by atoms with Crippen molar-refractivity contribution in [1.82, 2.24) is 0 Å². The highest BCUT2D eigenvalue weighted by Crippen LogP contribution is 2.58. The number of hydrogen-bond donors (Lipinski definition) is 1. The summed E-state index contributed by atoms with van der Waals surface area (Å²) in [6, 6.07) is 27.7. The number of nitrogens with zero attached hydrogens (tertiary/aromatic N) is 1. The van der Waals surface area contributed by atoms with E-state index in [1.807, 2.05) is 65.6 Å². The highest BCUT2D eigenvalue weighted by Gasteiger charge is 2.70. The van der Waals surface area contributed by atoms with Gasteiger partial charge in [-0.3, -0.25) is 14.4 Å². The summed E-state index contributed by atoms with van der Waals surface area (Å²) >= 11 is 0. The lowest BCUT2D eigenvalue weighted by molar-refractivity contribution is -0.121. The normalized spacial score (nSPS) is 24.2. The van der Waals surface area contributed by atoms with Crippen LogP contribution in [0.2, 0.25) is 0 Å². The first-order valence-electron chi connectivity index (χ1n) is 12.9. The number of ketones is 2. The summed E-state index contributed by atoms with van der Waals surface area (Å²) in [7, 11) is 0. The number of benzene rings is 4. The lowest BCUT2D eigenvalue weighted by Gasteiger charge is -2.37. The highest BCUT2D eigenvalue weighted by atomic mass is 19.1. The second kappa shape index (κ2) is 8.60. The zero-order chi connectivity index (χ0) is 26.7. The van der Waals surface area contributed by atoms with Crippen molar-refractivity contribution in [3.05, 3.63) is 137 Å². The smallest absolute Gasteiger partial charge is 0.238 e. The van der Waals surface area contributed by atoms with Crippen LogP contribution in [0.25, 0.3) is 6.08 Å². The molecule has 7 rings (SSSR count). The molecule has 1 saturated heterocycles. The third-order valence-corrected chi connectivity index (χ3v) is 8.29. The first kappa shape index (κ1) is 23.3. The predicted molar refractivity (Wildman–Crippen MR) is 147 cm³/mol. The largest absolute Gasteiger partial charge is 0.352 e. The molecule has 0 radical (unpaired) electrons. The van der Waals surface area contributed by atoms with Crippen LogP contribution in [0.5, 0.6) is 0 Å². The van der Waals surface area contributed by atoms with E-state index in [2.05, 4.69) is 5.32 Å². The molecule has 1 N–H and O–H groups in total. The number of hydrogen-bond acceptors (Lipinski definition) is 4. The molecule has 4 atom stereocenters. The van der Waals surface area contributed by atoms with Crippen LogP contribution in [-0.4, -0.2) is 29.6 Å². The van der Waals surface area contributed by atoms with Crippen molar-refractivity contribution in [2.75, 3.05) is 10.2 Å². The number of para-hydroxylation sites is 2. The van der Waals surface area contributed by atoms with E-state index in [1.165, 1.54) is 18.2 Å². The van der Waals surface area contributed by atoms with Crippen LogP contribution in [0.4, 0.5) is 15.8 Å². The van der Waals surface area contributed by atoms with Gasteiger partial charge in [0.1, 0.15) is 17.3 Å². The van der Waals surface area contributed by atoms with Gasteiger partial charge in [-0.25, -0.2) is 4.39 Å². The second-order valence-corrected chi connectivity index (χ2v) is 10.1. The maximum absolute atomic E-state index is 15.2. The number of amides is 1. The number of Topliss-reactive ketones (excluding diaryl/α,β-unsaturated/α-hetero) is 2. The minimum atomic E-state index is -1.46. The van der Waals surface area contributed by atoms with E-state index in [0.29, 0.717) is 16.8 Å². The molecule has 1 spiro atoms. The molecule has 0 saturated carbocycles.